The fourth-order valence-electron chi connectivity index (χ4n) is 3.02. The van der Waals surface area contributed by atoms with E-state index in [2.05, 4.69) is 0 Å². The lowest BCUT2D eigenvalue weighted by molar-refractivity contribution is -0.145. The number of carbonyl (C=O) groups is 1. The molecule has 3 aromatic carbocycles. The standard InChI is InChI=1S/C23H19ClF3NO3/c1-3-30-21(29)13-31-20-10-8-17(24)23(22(20)27)28(2)19-12-15(7-9-18(19)26)14-5-4-6-16(25)11-14/h4-12H,3,13H2,1-2H3. The van der Waals surface area contributed by atoms with Gasteiger partial charge in [-0.05, 0) is 54.4 Å². The largest absolute Gasteiger partial charge is 0.479 e. The number of halogens is 4. The maximum atomic E-state index is 15.1. The molecule has 0 saturated heterocycles. The van der Waals surface area contributed by atoms with Crippen LogP contribution in [0.3, 0.4) is 0 Å². The Bertz CT molecular complexity index is 1110. The van der Waals surface area contributed by atoms with Crippen LogP contribution in [-0.2, 0) is 9.53 Å². The number of ether oxygens (including phenoxy) is 2. The second-order valence-electron chi connectivity index (χ2n) is 6.54. The van der Waals surface area contributed by atoms with Gasteiger partial charge >= 0.3 is 5.97 Å². The molecule has 0 N–H and O–H groups in total. The van der Waals surface area contributed by atoms with Crippen LogP contribution in [0, 0.1) is 17.5 Å². The van der Waals surface area contributed by atoms with Crippen LogP contribution in [-0.4, -0.2) is 26.2 Å². The summed E-state index contributed by atoms with van der Waals surface area (Å²) in [5.74, 6) is -2.82. The van der Waals surface area contributed by atoms with Crippen molar-refractivity contribution < 1.29 is 27.4 Å². The minimum atomic E-state index is -0.866. The van der Waals surface area contributed by atoms with Gasteiger partial charge in [0.05, 0.1) is 23.0 Å². The molecule has 3 rings (SSSR count). The van der Waals surface area contributed by atoms with Crippen LogP contribution in [0.15, 0.2) is 54.6 Å². The van der Waals surface area contributed by atoms with E-state index in [4.69, 9.17) is 21.1 Å². The lowest BCUT2D eigenvalue weighted by Gasteiger charge is -2.23. The van der Waals surface area contributed by atoms with E-state index in [9.17, 15) is 13.6 Å². The summed E-state index contributed by atoms with van der Waals surface area (Å²) in [6.07, 6.45) is 0. The van der Waals surface area contributed by atoms with Crippen LogP contribution < -0.4 is 9.64 Å². The van der Waals surface area contributed by atoms with Gasteiger partial charge in [0.25, 0.3) is 0 Å². The van der Waals surface area contributed by atoms with Crippen LogP contribution in [0.5, 0.6) is 5.75 Å². The van der Waals surface area contributed by atoms with Gasteiger partial charge in [0.2, 0.25) is 0 Å². The van der Waals surface area contributed by atoms with Crippen molar-refractivity contribution in [3.05, 3.63) is 77.1 Å². The van der Waals surface area contributed by atoms with Gasteiger partial charge in [0.1, 0.15) is 11.6 Å². The summed E-state index contributed by atoms with van der Waals surface area (Å²) in [6.45, 7) is 1.32. The van der Waals surface area contributed by atoms with E-state index in [1.807, 2.05) is 0 Å². The first-order chi connectivity index (χ1) is 14.8. The van der Waals surface area contributed by atoms with Crippen molar-refractivity contribution >= 4 is 28.9 Å². The fourth-order valence-corrected chi connectivity index (χ4v) is 3.29. The van der Waals surface area contributed by atoms with E-state index in [1.54, 1.807) is 13.0 Å². The highest BCUT2D eigenvalue weighted by atomic mass is 35.5. The molecule has 0 aromatic heterocycles. The molecular weight excluding hydrogens is 431 g/mol. The highest BCUT2D eigenvalue weighted by Crippen LogP contribution is 2.39. The topological polar surface area (TPSA) is 38.8 Å². The molecule has 8 heteroatoms. The van der Waals surface area contributed by atoms with E-state index < -0.39 is 30.0 Å². The molecule has 0 amide bonds. The van der Waals surface area contributed by atoms with E-state index in [0.717, 1.165) is 0 Å². The molecule has 0 unspecified atom stereocenters. The summed E-state index contributed by atoms with van der Waals surface area (Å²) in [6, 6.07) is 12.7. The Morgan fingerprint density at radius 1 is 1.03 bits per heavy atom. The fraction of sp³-hybridized carbons (Fsp3) is 0.174. The molecule has 0 fully saturated rings. The van der Waals surface area contributed by atoms with Crippen molar-refractivity contribution in [2.24, 2.45) is 0 Å². The van der Waals surface area contributed by atoms with Gasteiger partial charge in [-0.2, -0.15) is 0 Å². The molecule has 0 atom stereocenters. The second-order valence-corrected chi connectivity index (χ2v) is 6.94. The first-order valence-corrected chi connectivity index (χ1v) is 9.75. The Hall–Kier alpha value is -3.19. The van der Waals surface area contributed by atoms with Crippen LogP contribution in [0.1, 0.15) is 6.92 Å². The molecule has 4 nitrogen and oxygen atoms in total. The van der Waals surface area contributed by atoms with Crippen molar-refractivity contribution in [1.29, 1.82) is 0 Å². The zero-order valence-corrected chi connectivity index (χ0v) is 17.6. The first kappa shape index (κ1) is 22.5. The molecule has 0 aliphatic carbocycles. The minimum absolute atomic E-state index is 0.0130. The Balaban J connectivity index is 1.97. The summed E-state index contributed by atoms with van der Waals surface area (Å²) in [5.41, 5.74) is 0.949. The molecule has 31 heavy (non-hydrogen) atoms. The monoisotopic (exact) mass is 449 g/mol. The number of carbonyl (C=O) groups excluding carboxylic acids is 1. The molecule has 0 bridgehead atoms. The zero-order valence-electron chi connectivity index (χ0n) is 16.8. The van der Waals surface area contributed by atoms with Gasteiger partial charge in [-0.3, -0.25) is 0 Å². The van der Waals surface area contributed by atoms with E-state index in [0.29, 0.717) is 11.1 Å². The van der Waals surface area contributed by atoms with E-state index in [-0.39, 0.29) is 28.8 Å². The molecule has 0 spiro atoms. The number of hydrogen-bond acceptors (Lipinski definition) is 4. The summed E-state index contributed by atoms with van der Waals surface area (Å²) in [4.78, 5) is 12.7. The smallest absolute Gasteiger partial charge is 0.344 e. The van der Waals surface area contributed by atoms with E-state index in [1.165, 1.54) is 60.5 Å². The van der Waals surface area contributed by atoms with Crippen molar-refractivity contribution in [3.63, 3.8) is 0 Å². The van der Waals surface area contributed by atoms with Crippen molar-refractivity contribution in [2.45, 2.75) is 6.92 Å². The third-order valence-electron chi connectivity index (χ3n) is 4.48. The predicted molar refractivity (Wildman–Crippen MR) is 113 cm³/mol. The van der Waals surface area contributed by atoms with Crippen LogP contribution >= 0.6 is 11.6 Å². The maximum Gasteiger partial charge on any atom is 0.344 e. The molecule has 162 valence electrons. The number of esters is 1. The number of benzene rings is 3. The summed E-state index contributed by atoms with van der Waals surface area (Å²) < 4.78 is 53.3. The van der Waals surface area contributed by atoms with Gasteiger partial charge in [-0.1, -0.05) is 29.8 Å². The van der Waals surface area contributed by atoms with Crippen molar-refractivity contribution in [2.75, 3.05) is 25.2 Å². The molecule has 0 saturated carbocycles. The Morgan fingerprint density at radius 3 is 2.48 bits per heavy atom. The Kier molecular flexibility index (Phi) is 7.07. The SMILES string of the molecule is CCOC(=O)COc1ccc(Cl)c(N(C)c2cc(-c3cccc(F)c3)ccc2F)c1F. The normalized spacial score (nSPS) is 10.6. The third kappa shape index (κ3) is 5.11. The predicted octanol–water partition coefficient (Wildman–Crippen LogP) is 6.13. The minimum Gasteiger partial charge on any atom is -0.479 e. The number of nitrogens with zero attached hydrogens (tertiary/aromatic N) is 1. The average Bonchev–Trinajstić information content (AvgIpc) is 2.73. The molecule has 3 aromatic rings. The third-order valence-corrected chi connectivity index (χ3v) is 4.79. The number of hydrogen-bond donors (Lipinski definition) is 0. The van der Waals surface area contributed by atoms with E-state index >= 15 is 4.39 Å². The lowest BCUT2D eigenvalue weighted by Crippen LogP contribution is -2.17. The Morgan fingerprint density at radius 2 is 1.77 bits per heavy atom. The molecule has 0 radical (unpaired) electrons. The molecule has 0 aliphatic heterocycles. The van der Waals surface area contributed by atoms with Gasteiger partial charge in [0.15, 0.2) is 18.2 Å². The molecule has 0 heterocycles. The summed E-state index contributed by atoms with van der Waals surface area (Å²) in [5, 5.41) is 0.0130. The first-order valence-electron chi connectivity index (χ1n) is 9.37. The second kappa shape index (κ2) is 9.75. The van der Waals surface area contributed by atoms with Gasteiger partial charge in [0, 0.05) is 7.05 Å². The zero-order chi connectivity index (χ0) is 22.5. The van der Waals surface area contributed by atoms with Crippen LogP contribution in [0.2, 0.25) is 5.02 Å². The summed E-state index contributed by atoms with van der Waals surface area (Å²) >= 11 is 6.19. The average molecular weight is 450 g/mol. The van der Waals surface area contributed by atoms with Crippen molar-refractivity contribution in [3.8, 4) is 16.9 Å². The maximum absolute atomic E-state index is 15.1. The Labute approximate surface area is 182 Å². The highest BCUT2D eigenvalue weighted by Gasteiger charge is 2.21. The number of rotatable bonds is 7. The molecular formula is C23H19ClF3NO3. The summed E-state index contributed by atoms with van der Waals surface area (Å²) in [7, 11) is 1.44. The molecule has 0 aliphatic rings. The van der Waals surface area contributed by atoms with Crippen molar-refractivity contribution in [1.82, 2.24) is 0 Å². The van der Waals surface area contributed by atoms with Crippen LogP contribution in [0.25, 0.3) is 11.1 Å². The lowest BCUT2D eigenvalue weighted by atomic mass is 10.0. The van der Waals surface area contributed by atoms with Crippen LogP contribution in [0.4, 0.5) is 24.5 Å². The number of anilines is 2. The highest BCUT2D eigenvalue weighted by molar-refractivity contribution is 6.33. The van der Waals surface area contributed by atoms with Gasteiger partial charge < -0.3 is 14.4 Å². The quantitative estimate of drug-likeness (QED) is 0.406. The van der Waals surface area contributed by atoms with Gasteiger partial charge in [-0.15, -0.1) is 0 Å². The van der Waals surface area contributed by atoms with Gasteiger partial charge in [-0.25, -0.2) is 18.0 Å².